The van der Waals surface area contributed by atoms with Crippen LogP contribution in [0.3, 0.4) is 0 Å². The van der Waals surface area contributed by atoms with Crippen molar-refractivity contribution in [1.82, 2.24) is 20.0 Å². The van der Waals surface area contributed by atoms with Crippen LogP contribution in [0.5, 0.6) is 0 Å². The highest BCUT2D eigenvalue weighted by Gasteiger charge is 2.13. The third-order valence-corrected chi connectivity index (χ3v) is 3.44. The van der Waals surface area contributed by atoms with Crippen molar-refractivity contribution in [3.05, 3.63) is 65.2 Å². The molecule has 2 aromatic heterocycles. The third kappa shape index (κ3) is 2.82. The van der Waals surface area contributed by atoms with Gasteiger partial charge in [-0.15, -0.1) is 5.10 Å². The highest BCUT2D eigenvalue weighted by atomic mass is 79.9. The normalized spacial score (nSPS) is 10.3. The molecule has 0 saturated carbocycles. The summed E-state index contributed by atoms with van der Waals surface area (Å²) in [7, 11) is 0. The summed E-state index contributed by atoms with van der Waals surface area (Å²) < 4.78 is 2.23. The summed E-state index contributed by atoms with van der Waals surface area (Å²) in [4.78, 5) is 16.4. The lowest BCUT2D eigenvalue weighted by atomic mass is 10.2. The number of carbonyl (C=O) groups is 1. The number of pyridine rings is 1. The van der Waals surface area contributed by atoms with Crippen molar-refractivity contribution in [3.63, 3.8) is 0 Å². The maximum Gasteiger partial charge on any atom is 0.275 e. The van der Waals surface area contributed by atoms with Gasteiger partial charge in [-0.2, -0.15) is 0 Å². The molecule has 0 spiro atoms. The number of amides is 1. The predicted octanol–water partition coefficient (Wildman–Crippen LogP) is 2.68. The number of carbonyl (C=O) groups excluding carboxylic acids is 1. The number of halogens is 1. The molecule has 0 aliphatic carbocycles. The molecular formula is C14H10BrN5O. The molecule has 0 bridgehead atoms. The van der Waals surface area contributed by atoms with Gasteiger partial charge in [-0.05, 0) is 40.2 Å². The number of aromatic nitrogens is 4. The Labute approximate surface area is 129 Å². The average Bonchev–Trinajstić information content (AvgIpc) is 3.02. The lowest BCUT2D eigenvalue weighted by Gasteiger charge is -2.10. The number of rotatable bonds is 3. The molecule has 1 amide bonds. The molecule has 0 saturated heterocycles. The van der Waals surface area contributed by atoms with Gasteiger partial charge >= 0.3 is 0 Å². The smallest absolute Gasteiger partial charge is 0.275 e. The summed E-state index contributed by atoms with van der Waals surface area (Å²) >= 11 is 3.32. The summed E-state index contributed by atoms with van der Waals surface area (Å²) in [6.07, 6.45) is 4.86. The van der Waals surface area contributed by atoms with Crippen molar-refractivity contribution in [2.24, 2.45) is 0 Å². The fourth-order valence-corrected chi connectivity index (χ4v) is 2.29. The van der Waals surface area contributed by atoms with E-state index in [9.17, 15) is 4.79 Å². The molecule has 3 aromatic rings. The fraction of sp³-hybridized carbons (Fsp3) is 0. The topological polar surface area (TPSA) is 72.7 Å². The number of nitrogens with one attached hydrogen (secondary N) is 1. The van der Waals surface area contributed by atoms with Crippen LogP contribution in [0.2, 0.25) is 0 Å². The van der Waals surface area contributed by atoms with E-state index in [1.807, 2.05) is 18.2 Å². The van der Waals surface area contributed by atoms with E-state index in [-0.39, 0.29) is 5.91 Å². The first-order chi connectivity index (χ1) is 10.3. The minimum atomic E-state index is -0.296. The second-order valence-corrected chi connectivity index (χ2v) is 5.01. The zero-order chi connectivity index (χ0) is 14.7. The van der Waals surface area contributed by atoms with Gasteiger partial charge in [0.25, 0.3) is 5.91 Å². The Hall–Kier alpha value is -2.54. The molecule has 7 heteroatoms. The molecule has 0 unspecified atom stereocenters. The molecule has 0 fully saturated rings. The van der Waals surface area contributed by atoms with E-state index >= 15 is 0 Å². The average molecular weight is 344 g/mol. The molecule has 0 radical (unpaired) electrons. The molecule has 0 aliphatic heterocycles. The van der Waals surface area contributed by atoms with E-state index in [0.29, 0.717) is 15.9 Å². The zero-order valence-electron chi connectivity index (χ0n) is 10.8. The molecule has 2 heterocycles. The first-order valence-corrected chi connectivity index (χ1v) is 6.92. The van der Waals surface area contributed by atoms with Crippen LogP contribution in [0.4, 0.5) is 5.69 Å². The number of anilines is 1. The number of hydrogen-bond donors (Lipinski definition) is 1. The van der Waals surface area contributed by atoms with Gasteiger partial charge in [-0.1, -0.05) is 17.3 Å². The standard InChI is InChI=1S/C14H10BrN5O/c15-10-4-3-7-16-13(10)14(21)18-11-5-1-2-6-12(11)20-9-8-17-19-20/h1-9H,(H,18,21). The van der Waals surface area contributed by atoms with Crippen molar-refractivity contribution in [3.8, 4) is 5.69 Å². The van der Waals surface area contributed by atoms with E-state index in [1.165, 1.54) is 0 Å². The highest BCUT2D eigenvalue weighted by Crippen LogP contribution is 2.21. The predicted molar refractivity (Wildman–Crippen MR) is 81.2 cm³/mol. The van der Waals surface area contributed by atoms with Crippen LogP contribution in [0.1, 0.15) is 10.5 Å². The Morgan fingerprint density at radius 3 is 2.76 bits per heavy atom. The third-order valence-electron chi connectivity index (χ3n) is 2.80. The monoisotopic (exact) mass is 343 g/mol. The van der Waals surface area contributed by atoms with E-state index in [0.717, 1.165) is 5.69 Å². The van der Waals surface area contributed by atoms with E-state index in [2.05, 4.69) is 36.5 Å². The number of para-hydroxylation sites is 2. The van der Waals surface area contributed by atoms with Crippen LogP contribution in [0.25, 0.3) is 5.69 Å². The van der Waals surface area contributed by atoms with Gasteiger partial charge in [-0.3, -0.25) is 4.79 Å². The molecule has 1 N–H and O–H groups in total. The number of nitrogens with zero attached hydrogens (tertiary/aromatic N) is 4. The summed E-state index contributed by atoms with van der Waals surface area (Å²) in [6, 6.07) is 10.9. The Kier molecular flexibility index (Phi) is 3.74. The van der Waals surface area contributed by atoms with Gasteiger partial charge in [0.15, 0.2) is 0 Å². The van der Waals surface area contributed by atoms with Crippen molar-refractivity contribution >= 4 is 27.5 Å². The van der Waals surface area contributed by atoms with E-state index in [4.69, 9.17) is 0 Å². The Bertz CT molecular complexity index is 773. The molecular weight excluding hydrogens is 334 g/mol. The Morgan fingerprint density at radius 2 is 2.00 bits per heavy atom. The fourth-order valence-electron chi connectivity index (χ4n) is 1.85. The summed E-state index contributed by atoms with van der Waals surface area (Å²) in [6.45, 7) is 0. The number of hydrogen-bond acceptors (Lipinski definition) is 4. The van der Waals surface area contributed by atoms with E-state index < -0.39 is 0 Å². The van der Waals surface area contributed by atoms with Crippen LogP contribution in [-0.2, 0) is 0 Å². The quantitative estimate of drug-likeness (QED) is 0.793. The van der Waals surface area contributed by atoms with Crippen molar-refractivity contribution in [2.75, 3.05) is 5.32 Å². The minimum Gasteiger partial charge on any atom is -0.319 e. The maximum absolute atomic E-state index is 12.3. The SMILES string of the molecule is O=C(Nc1ccccc1-n1ccnn1)c1ncccc1Br. The second kappa shape index (κ2) is 5.84. The van der Waals surface area contributed by atoms with Crippen molar-refractivity contribution < 1.29 is 4.79 Å². The zero-order valence-corrected chi connectivity index (χ0v) is 12.4. The van der Waals surface area contributed by atoms with Gasteiger partial charge in [0, 0.05) is 10.7 Å². The molecule has 6 nitrogen and oxygen atoms in total. The Balaban J connectivity index is 1.93. The second-order valence-electron chi connectivity index (χ2n) is 4.15. The minimum absolute atomic E-state index is 0.296. The van der Waals surface area contributed by atoms with Crippen LogP contribution in [-0.4, -0.2) is 25.9 Å². The summed E-state index contributed by atoms with van der Waals surface area (Å²) in [5, 5.41) is 10.5. The van der Waals surface area contributed by atoms with Gasteiger partial charge < -0.3 is 5.32 Å². The van der Waals surface area contributed by atoms with Gasteiger partial charge in [0.1, 0.15) is 5.69 Å². The first kappa shape index (κ1) is 13.4. The van der Waals surface area contributed by atoms with Gasteiger partial charge in [-0.25, -0.2) is 9.67 Å². The lowest BCUT2D eigenvalue weighted by Crippen LogP contribution is -2.16. The van der Waals surface area contributed by atoms with Gasteiger partial charge in [0.05, 0.1) is 23.8 Å². The molecule has 0 atom stereocenters. The summed E-state index contributed by atoms with van der Waals surface area (Å²) in [5.41, 5.74) is 1.69. The van der Waals surface area contributed by atoms with Crippen LogP contribution in [0, 0.1) is 0 Å². The van der Waals surface area contributed by atoms with Crippen molar-refractivity contribution in [2.45, 2.75) is 0 Å². The van der Waals surface area contributed by atoms with Crippen molar-refractivity contribution in [1.29, 1.82) is 0 Å². The van der Waals surface area contributed by atoms with Crippen LogP contribution in [0.15, 0.2) is 59.5 Å². The Morgan fingerprint density at radius 1 is 1.14 bits per heavy atom. The largest absolute Gasteiger partial charge is 0.319 e. The van der Waals surface area contributed by atoms with Crippen LogP contribution >= 0.6 is 15.9 Å². The molecule has 3 rings (SSSR count). The highest BCUT2D eigenvalue weighted by molar-refractivity contribution is 9.10. The summed E-state index contributed by atoms with van der Waals surface area (Å²) in [5.74, 6) is -0.296. The molecule has 0 aliphatic rings. The van der Waals surface area contributed by atoms with E-state index in [1.54, 1.807) is 41.5 Å². The number of benzene rings is 1. The molecule has 1 aromatic carbocycles. The van der Waals surface area contributed by atoms with Gasteiger partial charge in [0.2, 0.25) is 0 Å². The lowest BCUT2D eigenvalue weighted by molar-refractivity contribution is 0.102. The molecule has 21 heavy (non-hydrogen) atoms. The molecule has 104 valence electrons. The first-order valence-electron chi connectivity index (χ1n) is 6.13. The maximum atomic E-state index is 12.3. The van der Waals surface area contributed by atoms with Crippen LogP contribution < -0.4 is 5.32 Å².